The van der Waals surface area contributed by atoms with E-state index in [0.29, 0.717) is 10.5 Å². The van der Waals surface area contributed by atoms with Crippen molar-refractivity contribution in [3.8, 4) is 5.75 Å². The second-order valence-corrected chi connectivity index (χ2v) is 8.24. The fraction of sp³-hybridized carbons (Fsp3) is 0.647. The minimum absolute atomic E-state index is 0.410. The molecule has 2 atom stereocenters. The molecule has 1 N–H and O–H groups in total. The molecule has 2 nitrogen and oxygen atoms in total. The summed E-state index contributed by atoms with van der Waals surface area (Å²) >= 11 is 2.12. The van der Waals surface area contributed by atoms with Crippen molar-refractivity contribution in [2.75, 3.05) is 6.61 Å². The van der Waals surface area contributed by atoms with Crippen molar-refractivity contribution in [2.24, 2.45) is 0 Å². The molecule has 108 valence electrons. The summed E-state index contributed by atoms with van der Waals surface area (Å²) in [6, 6.07) is 6.54. The van der Waals surface area contributed by atoms with Gasteiger partial charge in [0, 0.05) is 16.9 Å². The minimum Gasteiger partial charge on any atom is -0.493 e. The minimum atomic E-state index is -0.410. The summed E-state index contributed by atoms with van der Waals surface area (Å²) < 4.78 is 5.55. The summed E-state index contributed by atoms with van der Waals surface area (Å²) in [6.07, 6.45) is 7.58. The fourth-order valence-electron chi connectivity index (χ4n) is 3.99. The van der Waals surface area contributed by atoms with Crippen LogP contribution in [0.1, 0.15) is 43.2 Å². The summed E-state index contributed by atoms with van der Waals surface area (Å²) in [5.41, 5.74) is 2.29. The number of fused-ring (bicyclic) bond motifs is 3. The molecule has 3 heterocycles. The van der Waals surface area contributed by atoms with Crippen molar-refractivity contribution in [3.63, 3.8) is 0 Å². The van der Waals surface area contributed by atoms with Crippen LogP contribution in [0.15, 0.2) is 18.2 Å². The molecule has 0 radical (unpaired) electrons. The quantitative estimate of drug-likeness (QED) is 0.926. The molecule has 2 saturated heterocycles. The lowest BCUT2D eigenvalue weighted by Gasteiger charge is -2.36. The van der Waals surface area contributed by atoms with E-state index in [2.05, 4.69) is 30.0 Å². The van der Waals surface area contributed by atoms with Crippen LogP contribution in [-0.4, -0.2) is 27.8 Å². The van der Waals surface area contributed by atoms with Crippen molar-refractivity contribution >= 4 is 11.8 Å². The highest BCUT2D eigenvalue weighted by Gasteiger charge is 2.42. The summed E-state index contributed by atoms with van der Waals surface area (Å²) in [4.78, 5) is 0. The predicted molar refractivity (Wildman–Crippen MR) is 82.5 cm³/mol. The first kappa shape index (κ1) is 13.0. The lowest BCUT2D eigenvalue weighted by atomic mass is 9.87. The predicted octanol–water partition coefficient (Wildman–Crippen LogP) is 3.34. The fourth-order valence-corrected chi connectivity index (χ4v) is 5.89. The third kappa shape index (κ3) is 2.46. The first-order valence-corrected chi connectivity index (χ1v) is 8.77. The van der Waals surface area contributed by atoms with Gasteiger partial charge in [-0.05, 0) is 55.7 Å². The Morgan fingerprint density at radius 2 is 2.05 bits per heavy atom. The molecule has 3 heteroatoms. The Kier molecular flexibility index (Phi) is 3.23. The van der Waals surface area contributed by atoms with Crippen LogP contribution in [0.3, 0.4) is 0 Å². The Morgan fingerprint density at radius 3 is 2.85 bits per heavy atom. The van der Waals surface area contributed by atoms with Crippen molar-refractivity contribution in [1.29, 1.82) is 0 Å². The average molecular weight is 290 g/mol. The highest BCUT2D eigenvalue weighted by molar-refractivity contribution is 8.00. The van der Waals surface area contributed by atoms with Crippen LogP contribution in [-0.2, 0) is 12.8 Å². The molecule has 3 aliphatic rings. The maximum atomic E-state index is 10.9. The number of aliphatic hydroxyl groups is 1. The second kappa shape index (κ2) is 4.96. The Labute approximate surface area is 124 Å². The van der Waals surface area contributed by atoms with Crippen LogP contribution in [0.25, 0.3) is 0 Å². The largest absolute Gasteiger partial charge is 0.493 e. The smallest absolute Gasteiger partial charge is 0.122 e. The van der Waals surface area contributed by atoms with Gasteiger partial charge in [-0.15, -0.1) is 0 Å². The number of aryl methyl sites for hydroxylation is 1. The molecular formula is C17H22O2S. The molecule has 0 spiro atoms. The van der Waals surface area contributed by atoms with Crippen LogP contribution in [0.2, 0.25) is 0 Å². The van der Waals surface area contributed by atoms with Crippen molar-refractivity contribution in [1.82, 2.24) is 0 Å². The van der Waals surface area contributed by atoms with Crippen molar-refractivity contribution < 1.29 is 9.84 Å². The SMILES string of the molecule is OC1(CCc2ccc3c(c2)CCO3)CC2CCC(C1)S2. The third-order valence-electron chi connectivity index (χ3n) is 5.04. The normalized spacial score (nSPS) is 34.9. The van der Waals surface area contributed by atoms with Gasteiger partial charge in [0.05, 0.1) is 12.2 Å². The van der Waals surface area contributed by atoms with Crippen LogP contribution < -0.4 is 4.74 Å². The van der Waals surface area contributed by atoms with Gasteiger partial charge in [-0.1, -0.05) is 12.1 Å². The lowest BCUT2D eigenvalue weighted by Crippen LogP contribution is -2.37. The Balaban J connectivity index is 1.42. The van der Waals surface area contributed by atoms with Crippen LogP contribution in [0.5, 0.6) is 5.75 Å². The first-order chi connectivity index (χ1) is 9.70. The Hall–Kier alpha value is -0.670. The zero-order valence-corrected chi connectivity index (χ0v) is 12.6. The summed E-state index contributed by atoms with van der Waals surface area (Å²) in [7, 11) is 0. The van der Waals surface area contributed by atoms with Crippen LogP contribution in [0.4, 0.5) is 0 Å². The van der Waals surface area contributed by atoms with Gasteiger partial charge in [-0.3, -0.25) is 0 Å². The standard InChI is InChI=1S/C17H22O2S/c18-17(10-14-2-3-15(11-17)20-14)7-5-12-1-4-16-13(9-12)6-8-19-16/h1,4,9,14-15,18H,2-3,5-8,10-11H2. The summed E-state index contributed by atoms with van der Waals surface area (Å²) in [5.74, 6) is 1.06. The van der Waals surface area contributed by atoms with E-state index in [9.17, 15) is 5.11 Å². The highest BCUT2D eigenvalue weighted by Crippen LogP contribution is 2.48. The van der Waals surface area contributed by atoms with Crippen LogP contribution in [0, 0.1) is 0 Å². The molecule has 0 amide bonds. The zero-order valence-electron chi connectivity index (χ0n) is 11.8. The number of rotatable bonds is 3. The second-order valence-electron chi connectivity index (χ2n) is 6.63. The number of hydrogen-bond acceptors (Lipinski definition) is 3. The highest BCUT2D eigenvalue weighted by atomic mass is 32.2. The molecule has 0 saturated carbocycles. The van der Waals surface area contributed by atoms with Gasteiger partial charge in [0.25, 0.3) is 0 Å². The van der Waals surface area contributed by atoms with E-state index in [1.165, 1.54) is 24.0 Å². The zero-order chi connectivity index (χ0) is 13.6. The number of ether oxygens (including phenoxy) is 1. The van der Waals surface area contributed by atoms with Gasteiger partial charge >= 0.3 is 0 Å². The molecular weight excluding hydrogens is 268 g/mol. The van der Waals surface area contributed by atoms with E-state index in [4.69, 9.17) is 4.74 Å². The molecule has 2 bridgehead atoms. The van der Waals surface area contributed by atoms with Gasteiger partial charge < -0.3 is 9.84 Å². The molecule has 1 aromatic carbocycles. The lowest BCUT2D eigenvalue weighted by molar-refractivity contribution is 0.0157. The van der Waals surface area contributed by atoms with Gasteiger partial charge in [-0.25, -0.2) is 0 Å². The third-order valence-corrected chi connectivity index (χ3v) is 6.62. The molecule has 0 aromatic heterocycles. The van der Waals surface area contributed by atoms with E-state index in [1.807, 2.05) is 0 Å². The first-order valence-electron chi connectivity index (χ1n) is 7.83. The Bertz CT molecular complexity index is 502. The molecule has 20 heavy (non-hydrogen) atoms. The number of thioether (sulfide) groups is 1. The molecule has 2 unspecified atom stereocenters. The van der Waals surface area contributed by atoms with Gasteiger partial charge in [-0.2, -0.15) is 11.8 Å². The van der Waals surface area contributed by atoms with Crippen molar-refractivity contribution in [2.45, 2.75) is 61.0 Å². The van der Waals surface area contributed by atoms with Gasteiger partial charge in [0.2, 0.25) is 0 Å². The van der Waals surface area contributed by atoms with Crippen molar-refractivity contribution in [3.05, 3.63) is 29.3 Å². The molecule has 1 aromatic rings. The van der Waals surface area contributed by atoms with E-state index in [0.717, 1.165) is 44.5 Å². The summed E-state index contributed by atoms with van der Waals surface area (Å²) in [6.45, 7) is 0.823. The van der Waals surface area contributed by atoms with E-state index in [1.54, 1.807) is 0 Å². The maximum Gasteiger partial charge on any atom is 0.122 e. The molecule has 0 aliphatic carbocycles. The maximum absolute atomic E-state index is 10.9. The van der Waals surface area contributed by atoms with E-state index in [-0.39, 0.29) is 0 Å². The van der Waals surface area contributed by atoms with Gasteiger partial charge in [0.1, 0.15) is 5.75 Å². The summed E-state index contributed by atoms with van der Waals surface area (Å²) in [5, 5.41) is 12.3. The number of benzene rings is 1. The average Bonchev–Trinajstić information content (AvgIpc) is 3.02. The van der Waals surface area contributed by atoms with E-state index >= 15 is 0 Å². The van der Waals surface area contributed by atoms with Crippen LogP contribution >= 0.6 is 11.8 Å². The Morgan fingerprint density at radius 1 is 1.25 bits per heavy atom. The van der Waals surface area contributed by atoms with Gasteiger partial charge in [0.15, 0.2) is 0 Å². The monoisotopic (exact) mass is 290 g/mol. The molecule has 3 aliphatic heterocycles. The number of hydrogen-bond donors (Lipinski definition) is 1. The van der Waals surface area contributed by atoms with E-state index < -0.39 is 5.60 Å². The molecule has 4 rings (SSSR count). The molecule has 2 fully saturated rings. The topological polar surface area (TPSA) is 29.5 Å².